The van der Waals surface area contributed by atoms with Gasteiger partial charge in [-0.3, -0.25) is 9.59 Å². The second-order valence-corrected chi connectivity index (χ2v) is 6.98. The number of benzene rings is 1. The Balaban J connectivity index is 1.67. The van der Waals surface area contributed by atoms with Crippen molar-refractivity contribution in [2.24, 2.45) is 5.92 Å². The van der Waals surface area contributed by atoms with Gasteiger partial charge < -0.3 is 19.7 Å². The number of hydrogen-bond donors (Lipinski definition) is 2. The van der Waals surface area contributed by atoms with E-state index in [-0.39, 0.29) is 18.2 Å². The van der Waals surface area contributed by atoms with Crippen LogP contribution in [0.25, 0.3) is 0 Å². The van der Waals surface area contributed by atoms with Crippen molar-refractivity contribution in [2.75, 3.05) is 11.4 Å². The Morgan fingerprint density at radius 1 is 1.35 bits per heavy atom. The second kappa shape index (κ2) is 7.64. The Bertz CT molecular complexity index is 799. The number of rotatable bonds is 7. The van der Waals surface area contributed by atoms with Gasteiger partial charge in [-0.25, -0.2) is 0 Å². The summed E-state index contributed by atoms with van der Waals surface area (Å²) in [4.78, 5) is 25.5. The zero-order valence-corrected chi connectivity index (χ0v) is 15.1. The van der Waals surface area contributed by atoms with E-state index >= 15 is 0 Å². The summed E-state index contributed by atoms with van der Waals surface area (Å²) in [6.07, 6.45) is 2.53. The molecule has 0 spiro atoms. The molecule has 2 N–H and O–H groups in total. The third kappa shape index (κ3) is 3.90. The minimum atomic E-state index is -0.863. The highest BCUT2D eigenvalue weighted by Crippen LogP contribution is 2.33. The van der Waals surface area contributed by atoms with Crippen LogP contribution in [0.3, 0.4) is 0 Å². The molecule has 0 aliphatic carbocycles. The van der Waals surface area contributed by atoms with Crippen LogP contribution < -0.4 is 10.2 Å². The summed E-state index contributed by atoms with van der Waals surface area (Å²) in [6.45, 7) is 4.81. The average Bonchev–Trinajstić information content (AvgIpc) is 3.17. The lowest BCUT2D eigenvalue weighted by molar-refractivity contribution is -0.137. The lowest BCUT2D eigenvalue weighted by atomic mass is 10.1. The topological polar surface area (TPSA) is 82.8 Å². The van der Waals surface area contributed by atoms with E-state index in [1.54, 1.807) is 13.0 Å². The van der Waals surface area contributed by atoms with E-state index < -0.39 is 5.97 Å². The smallest absolute Gasteiger partial charge is 0.303 e. The van der Waals surface area contributed by atoms with E-state index in [4.69, 9.17) is 9.52 Å². The molecule has 1 aliphatic heterocycles. The maximum Gasteiger partial charge on any atom is 0.303 e. The zero-order valence-electron chi connectivity index (χ0n) is 15.1. The van der Waals surface area contributed by atoms with Gasteiger partial charge in [0.25, 0.3) is 5.91 Å². The molecule has 0 saturated carbocycles. The molecule has 2 heterocycles. The molecule has 0 fully saturated rings. The first kappa shape index (κ1) is 18.0. The van der Waals surface area contributed by atoms with Gasteiger partial charge in [-0.15, -0.1) is 0 Å². The zero-order chi connectivity index (χ0) is 18.7. The molecule has 2 aromatic rings. The highest BCUT2D eigenvalue weighted by atomic mass is 16.4. The number of nitrogens with one attached hydrogen (secondary N) is 1. The Morgan fingerprint density at radius 2 is 2.12 bits per heavy atom. The molecule has 6 heteroatoms. The molecule has 6 nitrogen and oxygen atoms in total. The fraction of sp³-hybridized carbons (Fsp3) is 0.400. The van der Waals surface area contributed by atoms with Gasteiger partial charge in [-0.1, -0.05) is 25.1 Å². The van der Waals surface area contributed by atoms with Crippen molar-refractivity contribution in [1.82, 2.24) is 5.32 Å². The lowest BCUT2D eigenvalue weighted by Crippen LogP contribution is -2.32. The molecule has 2 unspecified atom stereocenters. The summed E-state index contributed by atoms with van der Waals surface area (Å²) in [7, 11) is 0. The number of nitrogens with zero attached hydrogens (tertiary/aromatic N) is 1. The average molecular weight is 356 g/mol. The molecule has 0 radical (unpaired) electrons. The maximum atomic E-state index is 12.5. The third-order valence-electron chi connectivity index (χ3n) is 4.79. The van der Waals surface area contributed by atoms with Crippen molar-refractivity contribution in [3.05, 3.63) is 53.5 Å². The number of carbonyl (C=O) groups is 2. The summed E-state index contributed by atoms with van der Waals surface area (Å²) in [6, 6.07) is 10.3. The number of anilines is 1. The number of furan rings is 1. The highest BCUT2D eigenvalue weighted by molar-refractivity contribution is 5.95. The standard InChI is InChI=1S/C20H24N2O4/c1-13(9-19(23)24)11-21-20(25)16-7-8-26-18(16)12-22-14(2)10-15-5-3-4-6-17(15)22/h3-8,13-14H,9-12H2,1-2H3,(H,21,25)(H,23,24). The number of carboxylic acid groups (broad SMARTS) is 1. The normalized spacial score (nSPS) is 17.0. The minimum absolute atomic E-state index is 0.0284. The van der Waals surface area contributed by atoms with Gasteiger partial charge in [0.15, 0.2) is 0 Å². The largest absolute Gasteiger partial charge is 0.481 e. The molecular weight excluding hydrogens is 332 g/mol. The predicted molar refractivity (Wildman–Crippen MR) is 98.2 cm³/mol. The van der Waals surface area contributed by atoms with E-state index in [2.05, 4.69) is 29.3 Å². The quantitative estimate of drug-likeness (QED) is 0.797. The summed E-state index contributed by atoms with van der Waals surface area (Å²) in [5, 5.41) is 11.6. The number of carbonyl (C=O) groups excluding carboxylic acids is 1. The van der Waals surface area contributed by atoms with Gasteiger partial charge in [0.1, 0.15) is 5.76 Å². The van der Waals surface area contributed by atoms with Crippen LogP contribution in [0.15, 0.2) is 41.0 Å². The molecule has 0 bridgehead atoms. The van der Waals surface area contributed by atoms with Gasteiger partial charge in [0.2, 0.25) is 0 Å². The first-order chi connectivity index (χ1) is 12.5. The van der Waals surface area contributed by atoms with Crippen LogP contribution in [0.4, 0.5) is 5.69 Å². The SMILES string of the molecule is CC(CNC(=O)c1ccoc1CN1c2ccccc2CC1C)CC(=O)O. The summed E-state index contributed by atoms with van der Waals surface area (Å²) < 4.78 is 5.59. The van der Waals surface area contributed by atoms with Crippen LogP contribution in [0.2, 0.25) is 0 Å². The summed E-state index contributed by atoms with van der Waals surface area (Å²) in [5.41, 5.74) is 2.99. The Labute approximate surface area is 152 Å². The molecule has 138 valence electrons. The van der Waals surface area contributed by atoms with Crippen molar-refractivity contribution >= 4 is 17.6 Å². The van der Waals surface area contributed by atoms with Crippen LogP contribution in [0.1, 0.15) is 41.9 Å². The Kier molecular flexibility index (Phi) is 5.30. The minimum Gasteiger partial charge on any atom is -0.481 e. The van der Waals surface area contributed by atoms with Gasteiger partial charge in [0, 0.05) is 24.7 Å². The van der Waals surface area contributed by atoms with Crippen LogP contribution in [0, 0.1) is 5.92 Å². The molecule has 1 aliphatic rings. The van der Waals surface area contributed by atoms with Gasteiger partial charge in [0.05, 0.1) is 18.4 Å². The van der Waals surface area contributed by atoms with Crippen molar-refractivity contribution in [3.63, 3.8) is 0 Å². The van der Waals surface area contributed by atoms with Gasteiger partial charge in [-0.2, -0.15) is 0 Å². The molecule has 1 aromatic carbocycles. The molecule has 1 aromatic heterocycles. The van der Waals surface area contributed by atoms with E-state index in [1.165, 1.54) is 17.5 Å². The maximum absolute atomic E-state index is 12.5. The van der Waals surface area contributed by atoms with Crippen LogP contribution in [0.5, 0.6) is 0 Å². The number of hydrogen-bond acceptors (Lipinski definition) is 4. The number of aliphatic carboxylic acids is 1. The fourth-order valence-electron chi connectivity index (χ4n) is 3.42. The van der Waals surface area contributed by atoms with Crippen molar-refractivity contribution in [2.45, 2.75) is 39.3 Å². The number of fused-ring (bicyclic) bond motifs is 1. The van der Waals surface area contributed by atoms with E-state index in [0.717, 1.165) is 6.42 Å². The molecule has 2 atom stereocenters. The van der Waals surface area contributed by atoms with Crippen LogP contribution >= 0.6 is 0 Å². The first-order valence-corrected chi connectivity index (χ1v) is 8.86. The molecule has 0 saturated heterocycles. The Hall–Kier alpha value is -2.76. The number of carboxylic acids is 1. The van der Waals surface area contributed by atoms with Crippen molar-refractivity contribution < 1.29 is 19.1 Å². The summed E-state index contributed by atoms with van der Waals surface area (Å²) in [5.74, 6) is -0.599. The predicted octanol–water partition coefficient (Wildman–Crippen LogP) is 3.07. The lowest BCUT2D eigenvalue weighted by Gasteiger charge is -2.24. The van der Waals surface area contributed by atoms with Gasteiger partial charge >= 0.3 is 5.97 Å². The highest BCUT2D eigenvalue weighted by Gasteiger charge is 2.28. The number of para-hydroxylation sites is 1. The molecule has 1 amide bonds. The molecular formula is C20H24N2O4. The monoisotopic (exact) mass is 356 g/mol. The van der Waals surface area contributed by atoms with Crippen molar-refractivity contribution in [3.8, 4) is 0 Å². The van der Waals surface area contributed by atoms with Crippen LogP contribution in [-0.2, 0) is 17.8 Å². The fourth-order valence-corrected chi connectivity index (χ4v) is 3.42. The van der Waals surface area contributed by atoms with E-state index in [1.807, 2.05) is 12.1 Å². The van der Waals surface area contributed by atoms with Gasteiger partial charge in [-0.05, 0) is 37.0 Å². The first-order valence-electron chi connectivity index (χ1n) is 8.86. The van der Waals surface area contributed by atoms with Crippen LogP contribution in [-0.4, -0.2) is 29.6 Å². The second-order valence-electron chi connectivity index (χ2n) is 6.98. The van der Waals surface area contributed by atoms with E-state index in [9.17, 15) is 9.59 Å². The summed E-state index contributed by atoms with van der Waals surface area (Å²) >= 11 is 0. The van der Waals surface area contributed by atoms with E-state index in [0.29, 0.717) is 30.5 Å². The molecule has 3 rings (SSSR count). The third-order valence-corrected chi connectivity index (χ3v) is 4.79. The molecule has 26 heavy (non-hydrogen) atoms. The number of amides is 1. The van der Waals surface area contributed by atoms with Crippen molar-refractivity contribution in [1.29, 1.82) is 0 Å². The Morgan fingerprint density at radius 3 is 2.88 bits per heavy atom.